The van der Waals surface area contributed by atoms with Gasteiger partial charge in [-0.15, -0.1) is 11.3 Å². The van der Waals surface area contributed by atoms with Crippen LogP contribution in [0.5, 0.6) is 0 Å². The van der Waals surface area contributed by atoms with E-state index in [4.69, 9.17) is 4.74 Å². The maximum absolute atomic E-state index is 12.3. The minimum Gasteiger partial charge on any atom is -0.468 e. The first kappa shape index (κ1) is 16.0. The predicted octanol–water partition coefficient (Wildman–Crippen LogP) is 2.67. The Morgan fingerprint density at radius 1 is 1.48 bits per heavy atom. The monoisotopic (exact) mass is 326 g/mol. The van der Waals surface area contributed by atoms with Crippen LogP contribution in [-0.4, -0.2) is 27.9 Å². The molecule has 0 aliphatic carbocycles. The molecule has 1 atom stereocenters. The number of fused-ring (bicyclic) bond motifs is 1. The number of hydrogen-bond donors (Lipinski definition) is 0. The summed E-state index contributed by atoms with van der Waals surface area (Å²) in [4.78, 5) is 28.8. The summed E-state index contributed by atoms with van der Waals surface area (Å²) < 4.78 is 7.00. The van der Waals surface area contributed by atoms with Crippen molar-refractivity contribution in [3.63, 3.8) is 0 Å². The molecule has 2 heterocycles. The Hall–Kier alpha value is -1.34. The van der Waals surface area contributed by atoms with Crippen LogP contribution in [0, 0.1) is 5.41 Å². The molecule has 0 aromatic carbocycles. The molecule has 114 valence electrons. The number of carbonyl (C=O) groups excluding carboxylic acids is 1. The molecule has 2 aromatic heterocycles. The van der Waals surface area contributed by atoms with Gasteiger partial charge in [0.2, 0.25) is 0 Å². The fourth-order valence-corrected chi connectivity index (χ4v) is 3.82. The van der Waals surface area contributed by atoms with Crippen molar-refractivity contribution in [1.29, 1.82) is 0 Å². The van der Waals surface area contributed by atoms with Crippen LogP contribution in [0.15, 0.2) is 21.4 Å². The third-order valence-electron chi connectivity index (χ3n) is 3.07. The molecular formula is C14H18N2O3S2. The maximum atomic E-state index is 12.3. The molecule has 21 heavy (non-hydrogen) atoms. The van der Waals surface area contributed by atoms with Crippen molar-refractivity contribution in [2.45, 2.75) is 31.2 Å². The summed E-state index contributed by atoms with van der Waals surface area (Å²) in [5.41, 5.74) is 0.275. The van der Waals surface area contributed by atoms with Crippen molar-refractivity contribution in [3.8, 4) is 0 Å². The first-order chi connectivity index (χ1) is 9.75. The normalized spacial score (nSPS) is 13.4. The molecule has 5 nitrogen and oxygen atoms in total. The number of aromatic nitrogens is 2. The zero-order valence-corrected chi connectivity index (χ0v) is 14.3. The number of nitrogens with zero attached hydrogens (tertiary/aromatic N) is 2. The van der Waals surface area contributed by atoms with E-state index in [9.17, 15) is 9.59 Å². The SMILES string of the molecule is COC(=O)C(Sc1nc2ccsc2c(=O)n1C)C(C)(C)C. The highest BCUT2D eigenvalue weighted by Gasteiger charge is 2.34. The summed E-state index contributed by atoms with van der Waals surface area (Å²) in [6, 6.07) is 1.82. The summed E-state index contributed by atoms with van der Waals surface area (Å²) in [6.45, 7) is 5.88. The van der Waals surface area contributed by atoms with Gasteiger partial charge in [0.1, 0.15) is 9.95 Å². The second-order valence-corrected chi connectivity index (χ2v) is 7.77. The average Bonchev–Trinajstić information content (AvgIpc) is 2.87. The molecule has 0 radical (unpaired) electrons. The van der Waals surface area contributed by atoms with Gasteiger partial charge >= 0.3 is 5.97 Å². The Balaban J connectivity index is 2.48. The van der Waals surface area contributed by atoms with Crippen molar-refractivity contribution in [2.24, 2.45) is 12.5 Å². The second kappa shape index (κ2) is 5.81. The molecule has 0 aliphatic heterocycles. The van der Waals surface area contributed by atoms with Crippen LogP contribution in [0.4, 0.5) is 0 Å². The molecule has 0 N–H and O–H groups in total. The number of rotatable bonds is 3. The largest absolute Gasteiger partial charge is 0.468 e. The zero-order valence-electron chi connectivity index (χ0n) is 12.7. The van der Waals surface area contributed by atoms with Crippen LogP contribution < -0.4 is 5.56 Å². The number of methoxy groups -OCH3 is 1. The van der Waals surface area contributed by atoms with Crippen molar-refractivity contribution < 1.29 is 9.53 Å². The smallest absolute Gasteiger partial charge is 0.319 e. The van der Waals surface area contributed by atoms with Crippen molar-refractivity contribution in [1.82, 2.24) is 9.55 Å². The molecular weight excluding hydrogens is 308 g/mol. The highest BCUT2D eigenvalue weighted by atomic mass is 32.2. The quantitative estimate of drug-likeness (QED) is 0.493. The lowest BCUT2D eigenvalue weighted by Gasteiger charge is -2.27. The van der Waals surface area contributed by atoms with E-state index in [1.165, 1.54) is 34.8 Å². The summed E-state index contributed by atoms with van der Waals surface area (Å²) in [5.74, 6) is -0.313. The van der Waals surface area contributed by atoms with Crippen molar-refractivity contribution in [2.75, 3.05) is 7.11 Å². The molecule has 1 unspecified atom stereocenters. The lowest BCUT2D eigenvalue weighted by molar-refractivity contribution is -0.141. The van der Waals surface area contributed by atoms with Gasteiger partial charge < -0.3 is 4.74 Å². The minimum atomic E-state index is -0.434. The van der Waals surface area contributed by atoms with E-state index >= 15 is 0 Å². The maximum Gasteiger partial charge on any atom is 0.319 e. The van der Waals surface area contributed by atoms with Crippen LogP contribution in [0.25, 0.3) is 10.2 Å². The van der Waals surface area contributed by atoms with Gasteiger partial charge in [-0.3, -0.25) is 14.2 Å². The van der Waals surface area contributed by atoms with Gasteiger partial charge in [0.05, 0.1) is 12.6 Å². The topological polar surface area (TPSA) is 61.2 Å². The molecule has 0 aliphatic rings. The molecule has 0 bridgehead atoms. The van der Waals surface area contributed by atoms with E-state index in [0.717, 1.165) is 0 Å². The Bertz CT molecular complexity index is 728. The number of carbonyl (C=O) groups is 1. The molecule has 0 saturated carbocycles. The van der Waals surface area contributed by atoms with Crippen LogP contribution >= 0.6 is 23.1 Å². The Kier molecular flexibility index (Phi) is 4.43. The zero-order chi connectivity index (χ0) is 15.8. The molecule has 0 fully saturated rings. The Labute approximate surface area is 131 Å². The fraction of sp³-hybridized carbons (Fsp3) is 0.500. The van der Waals surface area contributed by atoms with Crippen LogP contribution in [0.1, 0.15) is 20.8 Å². The van der Waals surface area contributed by atoms with Gasteiger partial charge in [0, 0.05) is 7.05 Å². The number of hydrogen-bond acceptors (Lipinski definition) is 6. The second-order valence-electron chi connectivity index (χ2n) is 5.78. The predicted molar refractivity (Wildman–Crippen MR) is 86.0 cm³/mol. The summed E-state index contributed by atoms with van der Waals surface area (Å²) in [6.07, 6.45) is 0. The van der Waals surface area contributed by atoms with Gasteiger partial charge in [-0.2, -0.15) is 0 Å². The van der Waals surface area contributed by atoms with Crippen LogP contribution in [0.2, 0.25) is 0 Å². The first-order valence-electron chi connectivity index (χ1n) is 6.44. The minimum absolute atomic E-state index is 0.0879. The standard InChI is InChI=1S/C14H18N2O3S2/c1-14(2,3)10(12(18)19-5)21-13-15-8-6-7-20-9(8)11(17)16(13)4/h6-7,10H,1-5H3. The molecule has 0 amide bonds. The summed E-state index contributed by atoms with van der Waals surface area (Å²) >= 11 is 2.64. The van der Waals surface area contributed by atoms with Crippen LogP contribution in [-0.2, 0) is 16.6 Å². The number of thiophene rings is 1. The van der Waals surface area contributed by atoms with E-state index in [1.54, 1.807) is 7.05 Å². The average molecular weight is 326 g/mol. The molecule has 2 rings (SSSR count). The molecule has 0 saturated heterocycles. The molecule has 2 aromatic rings. The number of ether oxygens (including phenoxy) is 1. The van der Waals surface area contributed by atoms with Crippen molar-refractivity contribution >= 4 is 39.3 Å². The van der Waals surface area contributed by atoms with Gasteiger partial charge in [0.15, 0.2) is 5.16 Å². The Morgan fingerprint density at radius 3 is 2.71 bits per heavy atom. The fourth-order valence-electron chi connectivity index (χ4n) is 1.86. The van der Waals surface area contributed by atoms with E-state index in [-0.39, 0.29) is 16.9 Å². The first-order valence-corrected chi connectivity index (χ1v) is 8.20. The lowest BCUT2D eigenvalue weighted by Crippen LogP contribution is -2.33. The lowest BCUT2D eigenvalue weighted by atomic mass is 9.92. The van der Waals surface area contributed by atoms with Gasteiger partial charge in [0.25, 0.3) is 5.56 Å². The highest BCUT2D eigenvalue weighted by Crippen LogP contribution is 2.35. The van der Waals surface area contributed by atoms with Crippen LogP contribution in [0.3, 0.4) is 0 Å². The summed E-state index contributed by atoms with van der Waals surface area (Å²) in [7, 11) is 3.05. The molecule has 0 spiro atoms. The van der Waals surface area contributed by atoms with Gasteiger partial charge in [-0.05, 0) is 16.9 Å². The van der Waals surface area contributed by atoms with E-state index in [2.05, 4.69) is 4.98 Å². The van der Waals surface area contributed by atoms with Gasteiger partial charge in [-0.1, -0.05) is 32.5 Å². The van der Waals surface area contributed by atoms with E-state index < -0.39 is 5.25 Å². The van der Waals surface area contributed by atoms with Crippen molar-refractivity contribution in [3.05, 3.63) is 21.8 Å². The number of thioether (sulfide) groups is 1. The highest BCUT2D eigenvalue weighted by molar-refractivity contribution is 8.00. The van der Waals surface area contributed by atoms with E-state index in [0.29, 0.717) is 15.4 Å². The van der Waals surface area contributed by atoms with E-state index in [1.807, 2.05) is 32.2 Å². The third-order valence-corrected chi connectivity index (χ3v) is 5.67. The Morgan fingerprint density at radius 2 is 2.14 bits per heavy atom. The number of esters is 1. The summed E-state index contributed by atoms with van der Waals surface area (Å²) in [5, 5.41) is 1.93. The third kappa shape index (κ3) is 3.13. The molecule has 7 heteroatoms. The van der Waals surface area contributed by atoms with Gasteiger partial charge in [-0.25, -0.2) is 4.98 Å².